The molecule has 0 aliphatic carbocycles. The quantitative estimate of drug-likeness (QED) is 0.407. The van der Waals surface area contributed by atoms with Crippen LogP contribution in [0.5, 0.6) is 0 Å². The van der Waals surface area contributed by atoms with Gasteiger partial charge in [0.05, 0.1) is 0 Å². The molecule has 0 aromatic rings. The molecular weight excluding hydrogens is 106 g/mol. The smallest absolute Gasteiger partial charge is 0.136 e. The van der Waals surface area contributed by atoms with Gasteiger partial charge in [-0.1, -0.05) is 13.1 Å². The molecule has 0 aliphatic heterocycles. The molecule has 0 aromatic carbocycles. The monoisotopic (exact) mass is 117 g/mol. The minimum absolute atomic E-state index is 0.566. The van der Waals surface area contributed by atoms with Gasteiger partial charge in [0.1, 0.15) is 14.0 Å². The first kappa shape index (κ1) is 6.85. The van der Waals surface area contributed by atoms with E-state index in [0.29, 0.717) is 6.17 Å². The maximum atomic E-state index is 10.0. The largest absolute Gasteiger partial charge is 0.332 e. The molecule has 0 radical (unpaired) electrons. The van der Waals surface area contributed by atoms with Gasteiger partial charge in [0.2, 0.25) is 0 Å². The normalized spacial score (nSPS) is 11.3. The van der Waals surface area contributed by atoms with E-state index in [0.717, 1.165) is 5.91 Å². The lowest BCUT2D eigenvalue weighted by Gasteiger charge is -2.07. The molecule has 0 spiro atoms. The number of hydrogen-bond donors (Lipinski definition) is 1. The Hall–Kier alpha value is -0.153. The maximum Gasteiger partial charge on any atom is 0.136 e. The predicted octanol–water partition coefficient (Wildman–Crippen LogP) is -0.0354. The van der Waals surface area contributed by atoms with E-state index in [2.05, 4.69) is 0 Å². The molecule has 2 N–H and O–H groups in total. The summed E-state index contributed by atoms with van der Waals surface area (Å²) in [7, 11) is -1.55. The van der Waals surface area contributed by atoms with Crippen molar-refractivity contribution < 1.29 is 4.79 Å². The van der Waals surface area contributed by atoms with E-state index in [4.69, 9.17) is 5.73 Å². The molecule has 0 aliphatic rings. The van der Waals surface area contributed by atoms with Gasteiger partial charge in [-0.25, -0.2) is 0 Å². The average Bonchev–Trinajstić information content (AvgIpc) is 1.68. The summed E-state index contributed by atoms with van der Waals surface area (Å²) in [5, 5.41) is 0. The molecule has 0 amide bonds. The summed E-state index contributed by atoms with van der Waals surface area (Å²) in [6.45, 7) is 3.89. The summed E-state index contributed by atoms with van der Waals surface area (Å²) in [4.78, 5) is 10.0. The van der Waals surface area contributed by atoms with Crippen LogP contribution in [-0.4, -0.2) is 20.2 Å². The number of hydrogen-bond acceptors (Lipinski definition) is 2. The zero-order valence-electron chi connectivity index (χ0n) is 4.77. The molecule has 2 nitrogen and oxygen atoms in total. The molecule has 3 heteroatoms. The Kier molecular flexibility index (Phi) is 2.18. The van der Waals surface area contributed by atoms with E-state index in [9.17, 15) is 4.79 Å². The Balaban J connectivity index is 3.58. The summed E-state index contributed by atoms with van der Waals surface area (Å²) >= 11 is 0. The van der Waals surface area contributed by atoms with Gasteiger partial charge in [-0.15, -0.1) is 0 Å². The number of carbonyl (C=O) groups excluding carboxylic acids is 1. The maximum absolute atomic E-state index is 10.0. The highest BCUT2D eigenvalue weighted by molar-refractivity contribution is 6.99. The first-order chi connectivity index (χ1) is 3.12. The molecular formula is C4H11NOSi. The van der Waals surface area contributed by atoms with E-state index in [1.54, 1.807) is 0 Å². The zero-order valence-corrected chi connectivity index (χ0v) is 5.77. The molecule has 0 aromatic heterocycles. The second-order valence-corrected chi connectivity index (χ2v) is 6.93. The van der Waals surface area contributed by atoms with E-state index in [1.807, 2.05) is 13.1 Å². The minimum Gasteiger partial charge on any atom is -0.332 e. The van der Waals surface area contributed by atoms with E-state index in [-0.39, 0.29) is 0 Å². The second kappa shape index (κ2) is 2.23. The third-order valence-electron chi connectivity index (χ3n) is 0.845. The van der Waals surface area contributed by atoms with Crippen LogP contribution in [0.4, 0.5) is 0 Å². The Bertz CT molecular complexity index is 72.1. The van der Waals surface area contributed by atoms with Crippen LogP contribution in [0.2, 0.25) is 13.1 Å². The van der Waals surface area contributed by atoms with Gasteiger partial charge in [-0.2, -0.15) is 0 Å². The minimum atomic E-state index is -1.55. The summed E-state index contributed by atoms with van der Waals surface area (Å²) in [6, 6.07) is 0. The highest BCUT2D eigenvalue weighted by atomic mass is 28.3. The Morgan fingerprint density at radius 1 is 1.71 bits per heavy atom. The van der Waals surface area contributed by atoms with Gasteiger partial charge in [0.25, 0.3) is 0 Å². The summed E-state index contributed by atoms with van der Waals surface area (Å²) in [5.41, 5.74) is 5.25. The van der Waals surface area contributed by atoms with Crippen LogP contribution in [0, 0.1) is 0 Å². The predicted molar refractivity (Wildman–Crippen MR) is 33.3 cm³/mol. The first-order valence-corrected chi connectivity index (χ1v) is 5.57. The second-order valence-electron chi connectivity index (χ2n) is 2.31. The molecule has 0 fully saturated rings. The van der Waals surface area contributed by atoms with Gasteiger partial charge < -0.3 is 10.5 Å². The van der Waals surface area contributed by atoms with Crippen molar-refractivity contribution in [1.82, 2.24) is 0 Å². The molecule has 7 heavy (non-hydrogen) atoms. The van der Waals surface area contributed by atoms with Crippen LogP contribution in [-0.2, 0) is 4.79 Å². The van der Waals surface area contributed by atoms with Gasteiger partial charge in [-0.3, -0.25) is 0 Å². The van der Waals surface area contributed by atoms with E-state index < -0.39 is 8.07 Å². The fourth-order valence-electron chi connectivity index (χ4n) is 0.0481. The van der Waals surface area contributed by atoms with Gasteiger partial charge in [0.15, 0.2) is 0 Å². The summed E-state index contributed by atoms with van der Waals surface area (Å²) < 4.78 is 0. The average molecular weight is 117 g/mol. The van der Waals surface area contributed by atoms with E-state index >= 15 is 0 Å². The fourth-order valence-corrected chi connectivity index (χ4v) is 0.144. The first-order valence-electron chi connectivity index (χ1n) is 2.29. The molecule has 0 saturated carbocycles. The Morgan fingerprint density at radius 2 is 2.14 bits per heavy atom. The lowest BCUT2D eigenvalue weighted by molar-refractivity contribution is 0.566. The van der Waals surface area contributed by atoms with Crippen molar-refractivity contribution in [3.05, 3.63) is 0 Å². The molecule has 0 atom stereocenters. The number of carbonyl (C=O) groups is 1. The van der Waals surface area contributed by atoms with Crippen molar-refractivity contribution >= 4 is 14.0 Å². The molecule has 0 unspecified atom stereocenters. The van der Waals surface area contributed by atoms with Crippen molar-refractivity contribution in [2.45, 2.75) is 13.1 Å². The molecule has 0 bridgehead atoms. The van der Waals surface area contributed by atoms with Crippen LogP contribution in [0.25, 0.3) is 0 Å². The third-order valence-corrected chi connectivity index (χ3v) is 2.54. The van der Waals surface area contributed by atoms with Crippen LogP contribution in [0.1, 0.15) is 0 Å². The summed E-state index contributed by atoms with van der Waals surface area (Å²) in [5.74, 6) is 1.01. The van der Waals surface area contributed by atoms with E-state index in [1.165, 1.54) is 0 Å². The van der Waals surface area contributed by atoms with Crippen molar-refractivity contribution in [2.24, 2.45) is 5.73 Å². The van der Waals surface area contributed by atoms with Crippen LogP contribution in [0.15, 0.2) is 0 Å². The van der Waals surface area contributed by atoms with Crippen molar-refractivity contribution in [3.63, 3.8) is 0 Å². The number of rotatable bonds is 2. The lowest BCUT2D eigenvalue weighted by atomic mass is 11.5. The molecule has 42 valence electrons. The topological polar surface area (TPSA) is 43.1 Å². The molecule has 0 saturated heterocycles. The Labute approximate surface area is 44.7 Å². The molecule has 0 heterocycles. The highest BCUT2D eigenvalue weighted by Crippen LogP contribution is 1.90. The summed E-state index contributed by atoms with van der Waals surface area (Å²) in [6.07, 6.45) is 0.566. The highest BCUT2D eigenvalue weighted by Gasteiger charge is 2.15. The van der Waals surface area contributed by atoms with Crippen LogP contribution < -0.4 is 5.73 Å². The van der Waals surface area contributed by atoms with Gasteiger partial charge >= 0.3 is 0 Å². The Morgan fingerprint density at radius 3 is 2.14 bits per heavy atom. The fraction of sp³-hybridized carbons (Fsp3) is 0.750. The standard InChI is InChI=1S/C4H11NOSi/c1-7(2,3-5)4-6/h4H,3,5H2,1-2H3. The SMILES string of the molecule is C[Si](C)(C=O)CN. The third kappa shape index (κ3) is 2.53. The zero-order chi connectivity index (χ0) is 5.91. The van der Waals surface area contributed by atoms with Crippen molar-refractivity contribution in [3.8, 4) is 0 Å². The lowest BCUT2D eigenvalue weighted by Crippen LogP contribution is -2.38. The van der Waals surface area contributed by atoms with Crippen LogP contribution >= 0.6 is 0 Å². The number of nitrogens with two attached hydrogens (primary N) is 1. The van der Waals surface area contributed by atoms with Crippen molar-refractivity contribution in [1.29, 1.82) is 0 Å². The molecule has 0 rings (SSSR count). The van der Waals surface area contributed by atoms with Crippen LogP contribution in [0.3, 0.4) is 0 Å². The van der Waals surface area contributed by atoms with Gasteiger partial charge in [-0.05, 0) is 6.17 Å². The van der Waals surface area contributed by atoms with Crippen molar-refractivity contribution in [2.75, 3.05) is 6.17 Å². The van der Waals surface area contributed by atoms with Gasteiger partial charge in [0, 0.05) is 0 Å².